The lowest BCUT2D eigenvalue weighted by Gasteiger charge is -2.23. The maximum atomic E-state index is 12.2. The molecule has 112 valence electrons. The van der Waals surface area contributed by atoms with E-state index in [4.69, 9.17) is 5.73 Å². The van der Waals surface area contributed by atoms with Gasteiger partial charge in [0.05, 0.1) is 0 Å². The van der Waals surface area contributed by atoms with Gasteiger partial charge in [0.2, 0.25) is 0 Å². The summed E-state index contributed by atoms with van der Waals surface area (Å²) < 4.78 is 0. The average molecular weight is 278 g/mol. The van der Waals surface area contributed by atoms with Gasteiger partial charge in [-0.1, -0.05) is 13.8 Å². The van der Waals surface area contributed by atoms with Crippen molar-refractivity contribution in [3.05, 3.63) is 24.0 Å². The summed E-state index contributed by atoms with van der Waals surface area (Å²) in [4.78, 5) is 18.2. The van der Waals surface area contributed by atoms with Crippen molar-refractivity contribution in [1.29, 1.82) is 0 Å². The summed E-state index contributed by atoms with van der Waals surface area (Å²) in [6, 6.07) is 3.67. The smallest absolute Gasteiger partial charge is 0.272 e. The van der Waals surface area contributed by atoms with Crippen LogP contribution in [0.3, 0.4) is 0 Å². The first-order chi connectivity index (χ1) is 9.43. The molecule has 5 heteroatoms. The van der Waals surface area contributed by atoms with Gasteiger partial charge >= 0.3 is 0 Å². The molecular formula is C15H26N4O. The van der Waals surface area contributed by atoms with Crippen LogP contribution < -0.4 is 11.1 Å². The van der Waals surface area contributed by atoms with Crippen molar-refractivity contribution < 1.29 is 4.79 Å². The molecule has 5 nitrogen and oxygen atoms in total. The van der Waals surface area contributed by atoms with E-state index in [1.54, 1.807) is 17.2 Å². The van der Waals surface area contributed by atoms with Crippen molar-refractivity contribution >= 4 is 11.6 Å². The molecule has 1 amide bonds. The lowest BCUT2D eigenvalue weighted by molar-refractivity contribution is 0.0767. The van der Waals surface area contributed by atoms with Crippen LogP contribution in [0.25, 0.3) is 0 Å². The number of pyridine rings is 1. The molecule has 0 bridgehead atoms. The molecule has 0 aliphatic heterocycles. The number of nitrogens with zero attached hydrogens (tertiary/aromatic N) is 2. The first-order valence-corrected chi connectivity index (χ1v) is 7.12. The summed E-state index contributed by atoms with van der Waals surface area (Å²) in [5, 5.41) is 3.32. The van der Waals surface area contributed by atoms with Gasteiger partial charge in [-0.25, -0.2) is 0 Å². The van der Waals surface area contributed by atoms with Crippen LogP contribution in [0.5, 0.6) is 0 Å². The zero-order valence-corrected chi connectivity index (χ0v) is 12.9. The number of nitrogens with two attached hydrogens (primary N) is 1. The number of nitrogens with one attached hydrogen (secondary N) is 1. The first-order valence-electron chi connectivity index (χ1n) is 7.12. The molecule has 0 atom stereocenters. The van der Waals surface area contributed by atoms with Gasteiger partial charge in [-0.15, -0.1) is 0 Å². The summed E-state index contributed by atoms with van der Waals surface area (Å²) in [6.07, 6.45) is 1.66. The second-order valence-corrected chi connectivity index (χ2v) is 5.63. The molecule has 0 spiro atoms. The highest BCUT2D eigenvalue weighted by atomic mass is 16.2. The fourth-order valence-electron chi connectivity index (χ4n) is 1.74. The van der Waals surface area contributed by atoms with Crippen molar-refractivity contribution in [2.24, 2.45) is 11.1 Å². The fraction of sp³-hybridized carbons (Fsp3) is 0.600. The van der Waals surface area contributed by atoms with Crippen LogP contribution in [-0.4, -0.2) is 42.0 Å². The molecule has 0 fully saturated rings. The number of anilines is 1. The van der Waals surface area contributed by atoms with E-state index in [0.29, 0.717) is 25.3 Å². The van der Waals surface area contributed by atoms with Gasteiger partial charge in [0.15, 0.2) is 0 Å². The first kappa shape index (κ1) is 16.4. The summed E-state index contributed by atoms with van der Waals surface area (Å²) in [5.41, 5.74) is 7.11. The van der Waals surface area contributed by atoms with E-state index in [1.807, 2.05) is 19.9 Å². The number of carbonyl (C=O) groups is 1. The molecule has 0 aromatic carbocycles. The highest BCUT2D eigenvalue weighted by Gasteiger charge is 2.17. The molecule has 1 rings (SSSR count). The zero-order chi connectivity index (χ0) is 15.2. The molecule has 3 N–H and O–H groups in total. The van der Waals surface area contributed by atoms with Crippen molar-refractivity contribution in [3.63, 3.8) is 0 Å². The zero-order valence-electron chi connectivity index (χ0n) is 12.9. The SMILES string of the molecule is CCN(CC)C(=O)c1cc(NCC(C)(C)CN)ccn1. The van der Waals surface area contributed by atoms with Gasteiger partial charge in [-0.2, -0.15) is 0 Å². The minimum absolute atomic E-state index is 0.0202. The molecule has 0 unspecified atom stereocenters. The fourth-order valence-corrected chi connectivity index (χ4v) is 1.74. The predicted octanol–water partition coefficient (Wildman–Crippen LogP) is 1.96. The van der Waals surface area contributed by atoms with Crippen molar-refractivity contribution in [2.45, 2.75) is 27.7 Å². The molecule has 0 aliphatic rings. The van der Waals surface area contributed by atoms with Crippen LogP contribution in [0, 0.1) is 5.41 Å². The highest BCUT2D eigenvalue weighted by molar-refractivity contribution is 5.93. The minimum Gasteiger partial charge on any atom is -0.384 e. The minimum atomic E-state index is -0.0308. The van der Waals surface area contributed by atoms with E-state index >= 15 is 0 Å². The van der Waals surface area contributed by atoms with Crippen LogP contribution >= 0.6 is 0 Å². The van der Waals surface area contributed by atoms with Crippen LogP contribution in [0.1, 0.15) is 38.2 Å². The summed E-state index contributed by atoms with van der Waals surface area (Å²) in [5.74, 6) is -0.0308. The number of aromatic nitrogens is 1. The third-order valence-corrected chi connectivity index (χ3v) is 3.35. The van der Waals surface area contributed by atoms with Gasteiger partial charge in [0.1, 0.15) is 5.69 Å². The van der Waals surface area contributed by atoms with E-state index in [-0.39, 0.29) is 11.3 Å². The predicted molar refractivity (Wildman–Crippen MR) is 82.8 cm³/mol. The number of amides is 1. The third kappa shape index (κ3) is 4.49. The summed E-state index contributed by atoms with van der Waals surface area (Å²) in [7, 11) is 0. The Kier molecular flexibility index (Phi) is 5.95. The molecule has 0 saturated carbocycles. The molecule has 1 aromatic rings. The molecule has 20 heavy (non-hydrogen) atoms. The Morgan fingerprint density at radius 2 is 2.05 bits per heavy atom. The number of rotatable bonds is 7. The Hall–Kier alpha value is -1.62. The van der Waals surface area contributed by atoms with Crippen LogP contribution in [-0.2, 0) is 0 Å². The molecule has 0 saturated heterocycles. The highest BCUT2D eigenvalue weighted by Crippen LogP contribution is 2.16. The number of hydrogen-bond donors (Lipinski definition) is 2. The topological polar surface area (TPSA) is 71.2 Å². The maximum Gasteiger partial charge on any atom is 0.272 e. The Morgan fingerprint density at radius 1 is 1.40 bits per heavy atom. The lowest BCUT2D eigenvalue weighted by atomic mass is 9.94. The van der Waals surface area contributed by atoms with Crippen molar-refractivity contribution in [1.82, 2.24) is 9.88 Å². The van der Waals surface area contributed by atoms with E-state index < -0.39 is 0 Å². The number of carbonyl (C=O) groups excluding carboxylic acids is 1. The van der Waals surface area contributed by atoms with E-state index in [9.17, 15) is 4.79 Å². The van der Waals surface area contributed by atoms with Crippen molar-refractivity contribution in [3.8, 4) is 0 Å². The molecule has 0 radical (unpaired) electrons. The Morgan fingerprint density at radius 3 is 2.60 bits per heavy atom. The van der Waals surface area contributed by atoms with Gasteiger partial charge in [-0.05, 0) is 37.9 Å². The van der Waals surface area contributed by atoms with Crippen LogP contribution in [0.4, 0.5) is 5.69 Å². The Labute approximate surface area is 121 Å². The van der Waals surface area contributed by atoms with Crippen molar-refractivity contribution in [2.75, 3.05) is 31.5 Å². The Balaban J connectivity index is 2.78. The summed E-state index contributed by atoms with van der Waals surface area (Å²) >= 11 is 0. The maximum absolute atomic E-state index is 12.2. The standard InChI is InChI=1S/C15H26N4O/c1-5-19(6-2)14(20)13-9-12(7-8-17-13)18-11-15(3,4)10-16/h7-9H,5-6,10-11,16H2,1-4H3,(H,17,18). The molecule has 0 aliphatic carbocycles. The second kappa shape index (κ2) is 7.24. The normalized spacial score (nSPS) is 11.2. The number of hydrogen-bond acceptors (Lipinski definition) is 4. The average Bonchev–Trinajstić information content (AvgIpc) is 2.47. The molecular weight excluding hydrogens is 252 g/mol. The monoisotopic (exact) mass is 278 g/mol. The van der Waals surface area contributed by atoms with Crippen LogP contribution in [0.15, 0.2) is 18.3 Å². The lowest BCUT2D eigenvalue weighted by Crippen LogP contribution is -2.32. The van der Waals surface area contributed by atoms with Gasteiger partial charge in [0, 0.05) is 31.5 Å². The van der Waals surface area contributed by atoms with E-state index in [1.165, 1.54) is 0 Å². The molecule has 1 aromatic heterocycles. The summed E-state index contributed by atoms with van der Waals surface area (Å²) in [6.45, 7) is 10.9. The second-order valence-electron chi connectivity index (χ2n) is 5.63. The van der Waals surface area contributed by atoms with Gasteiger partial charge in [-0.3, -0.25) is 9.78 Å². The largest absolute Gasteiger partial charge is 0.384 e. The third-order valence-electron chi connectivity index (χ3n) is 3.35. The van der Waals surface area contributed by atoms with Crippen LogP contribution in [0.2, 0.25) is 0 Å². The quantitative estimate of drug-likeness (QED) is 0.800. The van der Waals surface area contributed by atoms with Gasteiger partial charge in [0.25, 0.3) is 5.91 Å². The van der Waals surface area contributed by atoms with Gasteiger partial charge < -0.3 is 16.0 Å². The van der Waals surface area contributed by atoms with E-state index in [2.05, 4.69) is 24.1 Å². The van der Waals surface area contributed by atoms with E-state index in [0.717, 1.165) is 12.2 Å². The Bertz CT molecular complexity index is 441. The molecule has 1 heterocycles.